The number of carbonyl (C=O) groups excluding carboxylic acids is 1. The molecule has 0 saturated carbocycles. The van der Waals surface area contributed by atoms with E-state index >= 15 is 0 Å². The third kappa shape index (κ3) is 4.58. The van der Waals surface area contributed by atoms with Crippen LogP contribution in [0.1, 0.15) is 30.0 Å². The van der Waals surface area contributed by atoms with E-state index in [4.69, 9.17) is 10.5 Å². The van der Waals surface area contributed by atoms with Crippen LogP contribution < -0.4 is 17.0 Å². The smallest absolute Gasteiger partial charge is 0.338 e. The van der Waals surface area contributed by atoms with Crippen LogP contribution in [0.5, 0.6) is 0 Å². The molecule has 1 aromatic heterocycles. The molecule has 2 rings (SSSR count). The summed E-state index contributed by atoms with van der Waals surface area (Å²) in [7, 11) is 0. The lowest BCUT2D eigenvalue weighted by molar-refractivity contribution is -0.0745. The average molecular weight is 362 g/mol. The molecule has 9 nitrogen and oxygen atoms in total. The second-order valence-corrected chi connectivity index (χ2v) is 5.79. The fourth-order valence-electron chi connectivity index (χ4n) is 2.57. The van der Waals surface area contributed by atoms with E-state index in [1.807, 2.05) is 30.3 Å². The van der Waals surface area contributed by atoms with E-state index in [1.54, 1.807) is 13.8 Å². The summed E-state index contributed by atoms with van der Waals surface area (Å²) >= 11 is 0. The highest BCUT2D eigenvalue weighted by Gasteiger charge is 2.17. The maximum atomic E-state index is 12.3. The number of amides is 2. The van der Waals surface area contributed by atoms with Gasteiger partial charge in [0.05, 0.1) is 13.2 Å². The van der Waals surface area contributed by atoms with Crippen molar-refractivity contribution in [1.29, 1.82) is 0 Å². The molecule has 1 heterocycles. The summed E-state index contributed by atoms with van der Waals surface area (Å²) in [5, 5.41) is 9.58. The Morgan fingerprint density at radius 1 is 1.35 bits per heavy atom. The van der Waals surface area contributed by atoms with Crippen LogP contribution in [0.3, 0.4) is 0 Å². The summed E-state index contributed by atoms with van der Waals surface area (Å²) in [5.41, 5.74) is 5.79. The predicted octanol–water partition coefficient (Wildman–Crippen LogP) is 0.741. The maximum Gasteiger partial charge on any atom is 0.338 e. The van der Waals surface area contributed by atoms with Gasteiger partial charge >= 0.3 is 11.7 Å². The number of aromatic nitrogens is 2. The van der Waals surface area contributed by atoms with Gasteiger partial charge in [-0.05, 0) is 19.4 Å². The third-order valence-electron chi connectivity index (χ3n) is 4.00. The number of aromatic amines is 1. The number of carbonyl (C=O) groups is 1. The van der Waals surface area contributed by atoms with E-state index in [1.165, 1.54) is 4.57 Å². The van der Waals surface area contributed by atoms with Crippen molar-refractivity contribution < 1.29 is 14.7 Å². The summed E-state index contributed by atoms with van der Waals surface area (Å²) < 4.78 is 6.89. The SMILES string of the molecule is Cc1c(Cc2ccccc2)n(C(C)OCCN(O)C(N)=O)c(=O)[nH]c1=O. The summed E-state index contributed by atoms with van der Waals surface area (Å²) in [6, 6.07) is 8.43. The highest BCUT2D eigenvalue weighted by Crippen LogP contribution is 2.15. The number of nitrogens with zero attached hydrogens (tertiary/aromatic N) is 2. The zero-order chi connectivity index (χ0) is 19.3. The van der Waals surface area contributed by atoms with Crippen molar-refractivity contribution in [2.24, 2.45) is 5.73 Å². The minimum atomic E-state index is -0.997. The molecule has 4 N–H and O–H groups in total. The Morgan fingerprint density at radius 2 is 2.00 bits per heavy atom. The van der Waals surface area contributed by atoms with Gasteiger partial charge in [-0.15, -0.1) is 0 Å². The van der Waals surface area contributed by atoms with E-state index < -0.39 is 23.5 Å². The number of nitrogens with two attached hydrogens (primary N) is 1. The molecule has 0 spiro atoms. The molecule has 0 saturated heterocycles. The van der Waals surface area contributed by atoms with E-state index in [0.29, 0.717) is 22.7 Å². The van der Waals surface area contributed by atoms with E-state index in [-0.39, 0.29) is 13.2 Å². The van der Waals surface area contributed by atoms with Crippen LogP contribution in [0, 0.1) is 6.92 Å². The summed E-state index contributed by atoms with van der Waals surface area (Å²) in [6.07, 6.45) is -0.342. The molecule has 2 aromatic rings. The lowest BCUT2D eigenvalue weighted by atomic mass is 10.1. The normalized spacial score (nSPS) is 12.0. The minimum absolute atomic E-state index is 0.0456. The minimum Gasteiger partial charge on any atom is -0.356 e. The average Bonchev–Trinajstić information content (AvgIpc) is 2.60. The first-order valence-corrected chi connectivity index (χ1v) is 8.07. The van der Waals surface area contributed by atoms with E-state index in [9.17, 15) is 19.6 Å². The number of rotatable bonds is 7. The van der Waals surface area contributed by atoms with Crippen molar-refractivity contribution in [3.05, 3.63) is 68.0 Å². The van der Waals surface area contributed by atoms with Crippen LogP contribution >= 0.6 is 0 Å². The molecule has 0 fully saturated rings. The second-order valence-electron chi connectivity index (χ2n) is 5.79. The van der Waals surface area contributed by atoms with Gasteiger partial charge in [-0.3, -0.25) is 19.6 Å². The van der Waals surface area contributed by atoms with Gasteiger partial charge in [0.25, 0.3) is 5.56 Å². The lowest BCUT2D eigenvalue weighted by Gasteiger charge is -2.22. The highest BCUT2D eigenvalue weighted by molar-refractivity contribution is 5.70. The molecule has 0 aliphatic heterocycles. The molecule has 1 atom stereocenters. The van der Waals surface area contributed by atoms with Crippen molar-refractivity contribution in [2.45, 2.75) is 26.5 Å². The largest absolute Gasteiger partial charge is 0.356 e. The zero-order valence-corrected chi connectivity index (χ0v) is 14.6. The Bertz CT molecular complexity index is 875. The number of hydrogen-bond donors (Lipinski definition) is 3. The molecule has 0 aliphatic carbocycles. The van der Waals surface area contributed by atoms with Crippen LogP contribution in [0.15, 0.2) is 39.9 Å². The summed E-state index contributed by atoms with van der Waals surface area (Å²) in [4.78, 5) is 37.4. The standard InChI is InChI=1S/C17H22N4O5/c1-11-14(10-13-6-4-3-5-7-13)21(17(24)19-15(11)22)12(2)26-9-8-20(25)16(18)23/h3-7,12,25H,8-10H2,1-2H3,(H2,18,23)(H,19,22,24). The second kappa shape index (κ2) is 8.45. The molecular weight excluding hydrogens is 340 g/mol. The number of hydroxylamine groups is 2. The van der Waals surface area contributed by atoms with Crippen LogP contribution in [0.4, 0.5) is 4.79 Å². The molecule has 0 bridgehead atoms. The molecule has 9 heteroatoms. The predicted molar refractivity (Wildman–Crippen MR) is 94.0 cm³/mol. The first-order chi connectivity index (χ1) is 12.3. The molecule has 2 amide bonds. The van der Waals surface area contributed by atoms with Gasteiger partial charge in [0, 0.05) is 17.7 Å². The molecule has 0 radical (unpaired) electrons. The molecule has 140 valence electrons. The van der Waals surface area contributed by atoms with Gasteiger partial charge in [0.15, 0.2) is 0 Å². The highest BCUT2D eigenvalue weighted by atomic mass is 16.5. The molecule has 26 heavy (non-hydrogen) atoms. The number of nitrogens with one attached hydrogen (secondary N) is 1. The number of hydrogen-bond acceptors (Lipinski definition) is 5. The van der Waals surface area contributed by atoms with Crippen LogP contribution in [-0.4, -0.2) is 39.0 Å². The first kappa shape index (κ1) is 19.4. The molecule has 1 aromatic carbocycles. The van der Waals surface area contributed by atoms with Gasteiger partial charge in [-0.1, -0.05) is 30.3 Å². The Hall–Kier alpha value is -2.91. The van der Waals surface area contributed by atoms with Gasteiger partial charge in [-0.2, -0.15) is 0 Å². The van der Waals surface area contributed by atoms with Crippen LogP contribution in [-0.2, 0) is 11.2 Å². The van der Waals surface area contributed by atoms with Crippen molar-refractivity contribution in [3.63, 3.8) is 0 Å². The zero-order valence-electron chi connectivity index (χ0n) is 14.6. The number of H-pyrrole nitrogens is 1. The number of benzene rings is 1. The Balaban J connectivity index is 2.29. The fraction of sp³-hybridized carbons (Fsp3) is 0.353. The number of ether oxygens (including phenoxy) is 1. The van der Waals surface area contributed by atoms with Gasteiger partial charge in [-0.25, -0.2) is 14.7 Å². The van der Waals surface area contributed by atoms with Gasteiger partial charge in [0.2, 0.25) is 0 Å². The fourth-order valence-corrected chi connectivity index (χ4v) is 2.57. The van der Waals surface area contributed by atoms with E-state index in [2.05, 4.69) is 4.98 Å². The molecule has 0 aliphatic rings. The summed E-state index contributed by atoms with van der Waals surface area (Å²) in [6.45, 7) is 3.09. The third-order valence-corrected chi connectivity index (χ3v) is 4.00. The first-order valence-electron chi connectivity index (χ1n) is 8.07. The van der Waals surface area contributed by atoms with Crippen molar-refractivity contribution in [1.82, 2.24) is 14.6 Å². The van der Waals surface area contributed by atoms with Gasteiger partial charge < -0.3 is 10.5 Å². The summed E-state index contributed by atoms with van der Waals surface area (Å²) in [5.74, 6) is 0. The number of urea groups is 1. The molecule has 1 unspecified atom stereocenters. The quantitative estimate of drug-likeness (QED) is 0.494. The Kier molecular flexibility index (Phi) is 6.31. The number of primary amides is 1. The lowest BCUT2D eigenvalue weighted by Crippen LogP contribution is -2.38. The van der Waals surface area contributed by atoms with Crippen molar-refractivity contribution in [3.8, 4) is 0 Å². The van der Waals surface area contributed by atoms with Crippen molar-refractivity contribution in [2.75, 3.05) is 13.2 Å². The maximum absolute atomic E-state index is 12.3. The monoisotopic (exact) mass is 362 g/mol. The van der Waals surface area contributed by atoms with E-state index in [0.717, 1.165) is 5.56 Å². The van der Waals surface area contributed by atoms with Crippen LogP contribution in [0.25, 0.3) is 0 Å². The van der Waals surface area contributed by atoms with Crippen molar-refractivity contribution >= 4 is 6.03 Å². The van der Waals surface area contributed by atoms with Gasteiger partial charge in [0.1, 0.15) is 6.23 Å². The Labute approximate surface area is 149 Å². The Morgan fingerprint density at radius 3 is 2.62 bits per heavy atom. The molecular formula is C17H22N4O5. The van der Waals surface area contributed by atoms with Crippen LogP contribution in [0.2, 0.25) is 0 Å². The topological polar surface area (TPSA) is 131 Å².